The number of hydrogen-bond donors (Lipinski definition) is 2. The Bertz CT molecular complexity index is 787. The lowest BCUT2D eigenvalue weighted by molar-refractivity contribution is 0.221. The molecule has 0 bridgehead atoms. The maximum atomic E-state index is 10.7. The highest BCUT2D eigenvalue weighted by molar-refractivity contribution is 6.30. The van der Waals surface area contributed by atoms with Crippen molar-refractivity contribution in [3.05, 3.63) is 82.5 Å². The van der Waals surface area contributed by atoms with Gasteiger partial charge < -0.3 is 14.8 Å². The molecule has 2 aromatic carbocycles. The molecule has 0 aliphatic carbocycles. The number of benzene rings is 2. The van der Waals surface area contributed by atoms with Crippen molar-refractivity contribution in [2.24, 2.45) is 0 Å². The molecule has 5 heteroatoms. The van der Waals surface area contributed by atoms with Gasteiger partial charge in [-0.25, -0.2) is 4.98 Å². The fourth-order valence-electron chi connectivity index (χ4n) is 2.39. The van der Waals surface area contributed by atoms with E-state index in [4.69, 9.17) is 16.0 Å². The van der Waals surface area contributed by atoms with Crippen molar-refractivity contribution < 1.29 is 9.52 Å². The van der Waals surface area contributed by atoms with Gasteiger partial charge in [-0.3, -0.25) is 0 Å². The van der Waals surface area contributed by atoms with E-state index in [0.717, 1.165) is 17.0 Å². The number of hydrogen-bond acceptors (Lipinski definition) is 4. The molecule has 0 aliphatic rings. The average molecular weight is 329 g/mol. The first-order valence-corrected chi connectivity index (χ1v) is 7.69. The molecular formula is C18H17ClN2O2. The van der Waals surface area contributed by atoms with E-state index < -0.39 is 6.10 Å². The van der Waals surface area contributed by atoms with Crippen LogP contribution in [0.1, 0.15) is 28.9 Å². The number of rotatable bonds is 5. The lowest BCUT2D eigenvalue weighted by Gasteiger charge is -2.17. The number of nitrogens with zero attached hydrogens (tertiary/aromatic N) is 1. The first-order chi connectivity index (χ1) is 11.1. The van der Waals surface area contributed by atoms with Crippen molar-refractivity contribution in [2.75, 3.05) is 5.32 Å². The van der Waals surface area contributed by atoms with Crippen LogP contribution in [-0.2, 0) is 6.54 Å². The summed E-state index contributed by atoms with van der Waals surface area (Å²) in [7, 11) is 0. The Morgan fingerprint density at radius 2 is 2.00 bits per heavy atom. The predicted molar refractivity (Wildman–Crippen MR) is 90.5 cm³/mol. The Hall–Kier alpha value is -2.30. The second-order valence-corrected chi connectivity index (χ2v) is 5.70. The third-order valence-corrected chi connectivity index (χ3v) is 3.76. The van der Waals surface area contributed by atoms with Gasteiger partial charge in [0, 0.05) is 16.3 Å². The Balaban J connectivity index is 1.85. The zero-order valence-corrected chi connectivity index (χ0v) is 13.4. The number of aryl methyl sites for hydroxylation is 1. The summed E-state index contributed by atoms with van der Waals surface area (Å²) in [5, 5.41) is 14.5. The molecule has 3 rings (SSSR count). The van der Waals surface area contributed by atoms with Gasteiger partial charge >= 0.3 is 0 Å². The molecule has 0 radical (unpaired) electrons. The van der Waals surface area contributed by atoms with E-state index >= 15 is 0 Å². The van der Waals surface area contributed by atoms with Crippen LogP contribution in [0.3, 0.4) is 0 Å². The SMILES string of the molecule is Cc1cnc(CNc2ccc(Cl)cc2[C@@H](O)c2ccccc2)o1. The minimum atomic E-state index is -0.760. The summed E-state index contributed by atoms with van der Waals surface area (Å²) in [4.78, 5) is 4.16. The molecule has 2 N–H and O–H groups in total. The van der Waals surface area contributed by atoms with Crippen LogP contribution in [0.25, 0.3) is 0 Å². The third kappa shape index (κ3) is 3.73. The molecule has 0 fully saturated rings. The van der Waals surface area contributed by atoms with Gasteiger partial charge in [0.15, 0.2) is 0 Å². The van der Waals surface area contributed by atoms with E-state index in [9.17, 15) is 5.11 Å². The third-order valence-electron chi connectivity index (χ3n) is 3.52. The highest BCUT2D eigenvalue weighted by Crippen LogP contribution is 2.31. The van der Waals surface area contributed by atoms with Gasteiger partial charge in [-0.15, -0.1) is 0 Å². The van der Waals surface area contributed by atoms with Gasteiger partial charge in [0.25, 0.3) is 0 Å². The smallest absolute Gasteiger partial charge is 0.213 e. The van der Waals surface area contributed by atoms with E-state index in [1.54, 1.807) is 18.3 Å². The lowest BCUT2D eigenvalue weighted by Crippen LogP contribution is -2.07. The van der Waals surface area contributed by atoms with Gasteiger partial charge in [0.05, 0.1) is 12.7 Å². The number of aliphatic hydroxyl groups excluding tert-OH is 1. The molecule has 4 nitrogen and oxygen atoms in total. The molecule has 0 saturated heterocycles. The normalized spacial score (nSPS) is 12.1. The van der Waals surface area contributed by atoms with Crippen molar-refractivity contribution in [3.63, 3.8) is 0 Å². The molecular weight excluding hydrogens is 312 g/mol. The Morgan fingerprint density at radius 1 is 1.22 bits per heavy atom. The summed E-state index contributed by atoms with van der Waals surface area (Å²) < 4.78 is 5.45. The van der Waals surface area contributed by atoms with E-state index in [-0.39, 0.29) is 0 Å². The highest BCUT2D eigenvalue weighted by atomic mass is 35.5. The average Bonchev–Trinajstić information content (AvgIpc) is 2.99. The van der Waals surface area contributed by atoms with Crippen molar-refractivity contribution in [2.45, 2.75) is 19.6 Å². The predicted octanol–water partition coefficient (Wildman–Crippen LogP) is 4.33. The van der Waals surface area contributed by atoms with Crippen molar-refractivity contribution in [3.8, 4) is 0 Å². The largest absolute Gasteiger partial charge is 0.444 e. The molecule has 0 amide bonds. The van der Waals surface area contributed by atoms with Crippen LogP contribution in [0.5, 0.6) is 0 Å². The number of anilines is 1. The van der Waals surface area contributed by atoms with Crippen LogP contribution in [0.4, 0.5) is 5.69 Å². The second-order valence-electron chi connectivity index (χ2n) is 5.26. The minimum Gasteiger partial charge on any atom is -0.444 e. The fourth-order valence-corrected chi connectivity index (χ4v) is 2.57. The van der Waals surface area contributed by atoms with E-state index in [0.29, 0.717) is 23.0 Å². The molecule has 0 saturated carbocycles. The lowest BCUT2D eigenvalue weighted by atomic mass is 10.00. The van der Waals surface area contributed by atoms with Gasteiger partial charge in [0.1, 0.15) is 11.9 Å². The van der Waals surface area contributed by atoms with Gasteiger partial charge in [0.2, 0.25) is 5.89 Å². The van der Waals surface area contributed by atoms with E-state index in [1.165, 1.54) is 0 Å². The standard InChI is InChI=1S/C18H17ClN2O2/c1-12-10-21-17(23-12)11-20-16-8-7-14(19)9-15(16)18(22)13-5-3-2-4-6-13/h2-10,18,20,22H,11H2,1H3/t18-/m0/s1. The number of aromatic nitrogens is 1. The van der Waals surface area contributed by atoms with Crippen LogP contribution in [0.2, 0.25) is 5.02 Å². The summed E-state index contributed by atoms with van der Waals surface area (Å²) in [5.74, 6) is 1.36. The van der Waals surface area contributed by atoms with Crippen LogP contribution >= 0.6 is 11.6 Å². The Morgan fingerprint density at radius 3 is 2.70 bits per heavy atom. The number of oxazole rings is 1. The molecule has 23 heavy (non-hydrogen) atoms. The van der Waals surface area contributed by atoms with Crippen LogP contribution < -0.4 is 5.32 Å². The number of aliphatic hydroxyl groups is 1. The molecule has 118 valence electrons. The maximum absolute atomic E-state index is 10.7. The van der Waals surface area contributed by atoms with E-state index in [1.807, 2.05) is 43.3 Å². The first kappa shape index (κ1) is 15.6. The van der Waals surface area contributed by atoms with Crippen molar-refractivity contribution in [1.29, 1.82) is 0 Å². The Labute approximate surface area is 139 Å². The quantitative estimate of drug-likeness (QED) is 0.732. The maximum Gasteiger partial charge on any atom is 0.213 e. The molecule has 0 aliphatic heterocycles. The monoisotopic (exact) mass is 328 g/mol. The molecule has 1 aromatic heterocycles. The molecule has 3 aromatic rings. The number of nitrogens with one attached hydrogen (secondary N) is 1. The highest BCUT2D eigenvalue weighted by Gasteiger charge is 2.15. The molecule has 1 atom stereocenters. The summed E-state index contributed by atoms with van der Waals surface area (Å²) in [5.41, 5.74) is 2.32. The van der Waals surface area contributed by atoms with Crippen molar-refractivity contribution in [1.82, 2.24) is 4.98 Å². The zero-order valence-electron chi connectivity index (χ0n) is 12.7. The summed E-state index contributed by atoms with van der Waals surface area (Å²) >= 11 is 6.10. The fraction of sp³-hybridized carbons (Fsp3) is 0.167. The van der Waals surface area contributed by atoms with Gasteiger partial charge in [-0.05, 0) is 30.7 Å². The minimum absolute atomic E-state index is 0.435. The molecule has 1 heterocycles. The van der Waals surface area contributed by atoms with Crippen LogP contribution in [0.15, 0.2) is 59.1 Å². The topological polar surface area (TPSA) is 58.3 Å². The molecule has 0 spiro atoms. The first-order valence-electron chi connectivity index (χ1n) is 7.31. The zero-order chi connectivity index (χ0) is 16.2. The summed E-state index contributed by atoms with van der Waals surface area (Å²) in [6.45, 7) is 2.29. The van der Waals surface area contributed by atoms with Crippen molar-refractivity contribution >= 4 is 17.3 Å². The Kier molecular flexibility index (Phi) is 4.65. The van der Waals surface area contributed by atoms with Gasteiger partial charge in [-0.1, -0.05) is 41.9 Å². The summed E-state index contributed by atoms with van der Waals surface area (Å²) in [6.07, 6.45) is 0.919. The second kappa shape index (κ2) is 6.86. The van der Waals surface area contributed by atoms with Gasteiger partial charge in [-0.2, -0.15) is 0 Å². The van der Waals surface area contributed by atoms with Crippen LogP contribution in [0, 0.1) is 6.92 Å². The van der Waals surface area contributed by atoms with Crippen LogP contribution in [-0.4, -0.2) is 10.1 Å². The molecule has 0 unspecified atom stereocenters. The number of halogens is 1. The summed E-state index contributed by atoms with van der Waals surface area (Å²) in [6, 6.07) is 14.9. The van der Waals surface area contributed by atoms with E-state index in [2.05, 4.69) is 10.3 Å².